The standard InChI is InChI=1S/C17H25FN2O2/c1-19-6-2-3-16(19)15-13-14(18)4-5-17(15)22-12-9-20-7-10-21-11-8-20/h4-5,13,16H,2-3,6-12H2,1H3. The first kappa shape index (κ1) is 15.7. The van der Waals surface area contributed by atoms with E-state index in [1.165, 1.54) is 6.07 Å². The van der Waals surface area contributed by atoms with E-state index in [4.69, 9.17) is 9.47 Å². The third-order valence-corrected chi connectivity index (χ3v) is 4.62. The minimum Gasteiger partial charge on any atom is -0.492 e. The van der Waals surface area contributed by atoms with E-state index < -0.39 is 0 Å². The first-order chi connectivity index (χ1) is 10.7. The van der Waals surface area contributed by atoms with Crippen molar-refractivity contribution in [3.8, 4) is 5.75 Å². The van der Waals surface area contributed by atoms with Gasteiger partial charge in [0.25, 0.3) is 0 Å². The van der Waals surface area contributed by atoms with Gasteiger partial charge >= 0.3 is 0 Å². The molecule has 2 heterocycles. The summed E-state index contributed by atoms with van der Waals surface area (Å²) < 4.78 is 25.0. The van der Waals surface area contributed by atoms with Crippen molar-refractivity contribution in [1.82, 2.24) is 9.80 Å². The molecular formula is C17H25FN2O2. The molecule has 0 saturated carbocycles. The normalized spacial score (nSPS) is 23.8. The lowest BCUT2D eigenvalue weighted by molar-refractivity contribution is 0.0321. The molecule has 1 aromatic rings. The van der Waals surface area contributed by atoms with Gasteiger partial charge in [-0.25, -0.2) is 4.39 Å². The van der Waals surface area contributed by atoms with Gasteiger partial charge in [-0.15, -0.1) is 0 Å². The van der Waals surface area contributed by atoms with Crippen LogP contribution < -0.4 is 4.74 Å². The zero-order valence-corrected chi connectivity index (χ0v) is 13.3. The van der Waals surface area contributed by atoms with E-state index in [0.717, 1.165) is 63.5 Å². The summed E-state index contributed by atoms with van der Waals surface area (Å²) in [5, 5.41) is 0. The summed E-state index contributed by atoms with van der Waals surface area (Å²) in [7, 11) is 2.10. The molecular weight excluding hydrogens is 283 g/mol. The third-order valence-electron chi connectivity index (χ3n) is 4.62. The van der Waals surface area contributed by atoms with Crippen LogP contribution in [-0.4, -0.2) is 62.8 Å². The molecule has 2 saturated heterocycles. The van der Waals surface area contributed by atoms with Crippen molar-refractivity contribution in [2.45, 2.75) is 18.9 Å². The second-order valence-electron chi connectivity index (χ2n) is 6.12. The smallest absolute Gasteiger partial charge is 0.124 e. The molecule has 3 rings (SSSR count). The Hall–Kier alpha value is -1.17. The summed E-state index contributed by atoms with van der Waals surface area (Å²) in [6, 6.07) is 5.17. The molecule has 1 unspecified atom stereocenters. The van der Waals surface area contributed by atoms with E-state index in [1.54, 1.807) is 12.1 Å². The van der Waals surface area contributed by atoms with Crippen molar-refractivity contribution >= 4 is 0 Å². The molecule has 5 heteroatoms. The third kappa shape index (κ3) is 3.77. The van der Waals surface area contributed by atoms with Crippen molar-refractivity contribution in [3.63, 3.8) is 0 Å². The van der Waals surface area contributed by atoms with Crippen LogP contribution in [0.2, 0.25) is 0 Å². The van der Waals surface area contributed by atoms with Crippen LogP contribution in [0.4, 0.5) is 4.39 Å². The zero-order chi connectivity index (χ0) is 15.4. The Balaban J connectivity index is 1.62. The van der Waals surface area contributed by atoms with E-state index in [-0.39, 0.29) is 11.9 Å². The predicted octanol–water partition coefficient (Wildman–Crippen LogP) is 2.30. The quantitative estimate of drug-likeness (QED) is 0.833. The number of hydrogen-bond donors (Lipinski definition) is 0. The molecule has 0 N–H and O–H groups in total. The summed E-state index contributed by atoms with van der Waals surface area (Å²) in [6.07, 6.45) is 2.23. The first-order valence-corrected chi connectivity index (χ1v) is 8.16. The molecule has 0 bridgehead atoms. The minimum atomic E-state index is -0.184. The fourth-order valence-corrected chi connectivity index (χ4v) is 3.32. The Morgan fingerprint density at radius 2 is 2.09 bits per heavy atom. The van der Waals surface area contributed by atoms with Gasteiger partial charge in [0.05, 0.1) is 13.2 Å². The molecule has 2 aliphatic rings. The molecule has 1 atom stereocenters. The summed E-state index contributed by atoms with van der Waals surface area (Å²) in [5.74, 6) is 0.643. The fraction of sp³-hybridized carbons (Fsp3) is 0.647. The van der Waals surface area contributed by atoms with Gasteiger partial charge in [-0.2, -0.15) is 0 Å². The van der Waals surface area contributed by atoms with Gasteiger partial charge in [-0.1, -0.05) is 0 Å². The molecule has 0 aliphatic carbocycles. The molecule has 0 amide bonds. The highest BCUT2D eigenvalue weighted by Crippen LogP contribution is 2.36. The maximum Gasteiger partial charge on any atom is 0.124 e. The number of rotatable bonds is 5. The van der Waals surface area contributed by atoms with E-state index >= 15 is 0 Å². The highest BCUT2D eigenvalue weighted by atomic mass is 19.1. The van der Waals surface area contributed by atoms with E-state index in [1.807, 2.05) is 0 Å². The SMILES string of the molecule is CN1CCCC1c1cc(F)ccc1OCCN1CCOCC1. The lowest BCUT2D eigenvalue weighted by atomic mass is 10.0. The number of likely N-dealkylation sites (tertiary alicyclic amines) is 1. The van der Waals surface area contributed by atoms with E-state index in [0.29, 0.717) is 6.61 Å². The fourth-order valence-electron chi connectivity index (χ4n) is 3.32. The first-order valence-electron chi connectivity index (χ1n) is 8.16. The van der Waals surface area contributed by atoms with Crippen molar-refractivity contribution in [1.29, 1.82) is 0 Å². The van der Waals surface area contributed by atoms with Crippen LogP contribution in [0.5, 0.6) is 5.75 Å². The molecule has 2 fully saturated rings. The number of hydrogen-bond acceptors (Lipinski definition) is 4. The number of morpholine rings is 1. The average molecular weight is 308 g/mol. The Kier molecular flexibility index (Phi) is 5.28. The lowest BCUT2D eigenvalue weighted by Crippen LogP contribution is -2.38. The van der Waals surface area contributed by atoms with Crippen LogP contribution >= 0.6 is 0 Å². The molecule has 1 aromatic carbocycles. The molecule has 0 aromatic heterocycles. The number of benzene rings is 1. The van der Waals surface area contributed by atoms with E-state index in [2.05, 4.69) is 16.8 Å². The van der Waals surface area contributed by atoms with Crippen LogP contribution in [0, 0.1) is 5.82 Å². The Bertz CT molecular complexity index is 492. The van der Waals surface area contributed by atoms with Gasteiger partial charge in [-0.05, 0) is 44.6 Å². The Labute approximate surface area is 131 Å². The van der Waals surface area contributed by atoms with Gasteiger partial charge in [0.2, 0.25) is 0 Å². The summed E-state index contributed by atoms with van der Waals surface area (Å²) in [4.78, 5) is 4.62. The maximum absolute atomic E-state index is 13.6. The van der Waals surface area contributed by atoms with E-state index in [9.17, 15) is 4.39 Å². The number of ether oxygens (including phenoxy) is 2. The number of nitrogens with zero attached hydrogens (tertiary/aromatic N) is 2. The topological polar surface area (TPSA) is 24.9 Å². The van der Waals surface area contributed by atoms with Crippen LogP contribution in [0.1, 0.15) is 24.4 Å². The monoisotopic (exact) mass is 308 g/mol. The van der Waals surface area contributed by atoms with Gasteiger partial charge in [0, 0.05) is 31.2 Å². The maximum atomic E-state index is 13.6. The second-order valence-corrected chi connectivity index (χ2v) is 6.12. The molecule has 22 heavy (non-hydrogen) atoms. The van der Waals surface area contributed by atoms with Crippen molar-refractivity contribution in [2.75, 3.05) is 53.0 Å². The molecule has 0 spiro atoms. The highest BCUT2D eigenvalue weighted by molar-refractivity contribution is 5.37. The Morgan fingerprint density at radius 1 is 1.27 bits per heavy atom. The molecule has 4 nitrogen and oxygen atoms in total. The van der Waals surface area contributed by atoms with Crippen molar-refractivity contribution in [2.24, 2.45) is 0 Å². The largest absolute Gasteiger partial charge is 0.492 e. The van der Waals surface area contributed by atoms with Crippen LogP contribution in [0.25, 0.3) is 0 Å². The van der Waals surface area contributed by atoms with Gasteiger partial charge < -0.3 is 9.47 Å². The summed E-state index contributed by atoms with van der Waals surface area (Å²) in [6.45, 7) is 6.11. The van der Waals surface area contributed by atoms with Crippen molar-refractivity contribution in [3.05, 3.63) is 29.6 Å². The highest BCUT2D eigenvalue weighted by Gasteiger charge is 2.26. The van der Waals surface area contributed by atoms with Crippen LogP contribution in [-0.2, 0) is 4.74 Å². The van der Waals surface area contributed by atoms with Crippen LogP contribution in [0.3, 0.4) is 0 Å². The van der Waals surface area contributed by atoms with Crippen molar-refractivity contribution < 1.29 is 13.9 Å². The zero-order valence-electron chi connectivity index (χ0n) is 13.3. The van der Waals surface area contributed by atoms with Gasteiger partial charge in [0.15, 0.2) is 0 Å². The van der Waals surface area contributed by atoms with Gasteiger partial charge in [-0.3, -0.25) is 9.80 Å². The van der Waals surface area contributed by atoms with Gasteiger partial charge in [0.1, 0.15) is 18.2 Å². The summed E-state index contributed by atoms with van der Waals surface area (Å²) >= 11 is 0. The molecule has 0 radical (unpaired) electrons. The van der Waals surface area contributed by atoms with Crippen LogP contribution in [0.15, 0.2) is 18.2 Å². The molecule has 2 aliphatic heterocycles. The minimum absolute atomic E-state index is 0.184. The lowest BCUT2D eigenvalue weighted by Gasteiger charge is -2.27. The Morgan fingerprint density at radius 3 is 2.82 bits per heavy atom. The average Bonchev–Trinajstić information content (AvgIpc) is 2.96. The molecule has 122 valence electrons. The summed E-state index contributed by atoms with van der Waals surface area (Å²) in [5.41, 5.74) is 0.988. The predicted molar refractivity (Wildman–Crippen MR) is 83.8 cm³/mol. The number of halogens is 1. The second kappa shape index (κ2) is 7.40.